The molecule has 0 atom stereocenters. The third-order valence-electron chi connectivity index (χ3n) is 11.2. The number of rotatable bonds is 4. The van der Waals surface area contributed by atoms with Crippen LogP contribution >= 0.6 is 0 Å². The molecule has 0 unspecified atom stereocenters. The van der Waals surface area contributed by atoms with Crippen molar-refractivity contribution in [3.63, 3.8) is 0 Å². The third-order valence-corrected chi connectivity index (χ3v) is 11.2. The minimum absolute atomic E-state index is 0.266. The molecule has 0 saturated carbocycles. The van der Waals surface area contributed by atoms with Gasteiger partial charge in [0.05, 0.1) is 22.4 Å². The van der Waals surface area contributed by atoms with Gasteiger partial charge in [-0.25, -0.2) is 9.97 Å². The summed E-state index contributed by atoms with van der Waals surface area (Å²) in [6.07, 6.45) is 0. The first kappa shape index (κ1) is 29.9. The van der Waals surface area contributed by atoms with Crippen molar-refractivity contribution in [2.45, 2.75) is 19.3 Å². The van der Waals surface area contributed by atoms with Gasteiger partial charge in [-0.05, 0) is 41.5 Å². The fourth-order valence-electron chi connectivity index (χ4n) is 8.81. The van der Waals surface area contributed by atoms with Crippen molar-refractivity contribution in [2.24, 2.45) is 0 Å². The number of benzene rings is 7. The fraction of sp³-hybridized carbons (Fsp3) is 0.0612. The molecule has 1 aliphatic rings. The molecule has 53 heavy (non-hydrogen) atoms. The first-order chi connectivity index (χ1) is 26.1. The van der Waals surface area contributed by atoms with Crippen molar-refractivity contribution in [3.05, 3.63) is 175 Å². The quantitative estimate of drug-likeness (QED) is 0.186. The number of aromatic nitrogens is 3. The van der Waals surface area contributed by atoms with Gasteiger partial charge in [0.25, 0.3) is 0 Å². The standard InChI is InChI=1S/C49H33N3O/c1-49(2)37-25-12-9-22-34(37)44-45(49)47-43(36-24-11-14-27-41(36)53-47)42-35-23-10-13-26-40(35)52(46(42)44)33-21-15-20-32(28-33)39-29-38(30-16-5-3-6-17-30)50-48(51-39)31-18-7-4-8-19-31/h3-29H,1-2H3. The summed E-state index contributed by atoms with van der Waals surface area (Å²) in [7, 11) is 0. The lowest BCUT2D eigenvalue weighted by Gasteiger charge is -2.22. The molecule has 0 N–H and O–H groups in total. The number of nitrogens with zero attached hydrogens (tertiary/aromatic N) is 3. The fourth-order valence-corrected chi connectivity index (χ4v) is 8.81. The van der Waals surface area contributed by atoms with E-state index in [-0.39, 0.29) is 5.41 Å². The van der Waals surface area contributed by atoms with Crippen LogP contribution in [0.2, 0.25) is 0 Å². The van der Waals surface area contributed by atoms with Gasteiger partial charge in [0, 0.05) is 60.5 Å². The van der Waals surface area contributed by atoms with E-state index in [2.05, 4.69) is 158 Å². The summed E-state index contributed by atoms with van der Waals surface area (Å²) in [6.45, 7) is 4.68. The number of hydrogen-bond acceptors (Lipinski definition) is 3. The molecule has 7 aromatic carbocycles. The largest absolute Gasteiger partial charge is 0.456 e. The van der Waals surface area contributed by atoms with Crippen LogP contribution in [-0.2, 0) is 5.41 Å². The molecular weight excluding hydrogens is 647 g/mol. The predicted molar refractivity (Wildman–Crippen MR) is 218 cm³/mol. The summed E-state index contributed by atoms with van der Waals surface area (Å²) < 4.78 is 9.36. The smallest absolute Gasteiger partial charge is 0.160 e. The van der Waals surface area contributed by atoms with E-state index in [1.165, 1.54) is 43.9 Å². The summed E-state index contributed by atoms with van der Waals surface area (Å²) >= 11 is 0. The Hall–Kier alpha value is -6.78. The summed E-state index contributed by atoms with van der Waals surface area (Å²) in [6, 6.07) is 57.7. The molecule has 0 aliphatic heterocycles. The summed E-state index contributed by atoms with van der Waals surface area (Å²) in [5, 5.41) is 4.74. The molecule has 250 valence electrons. The van der Waals surface area contributed by atoms with Gasteiger partial charge in [0.15, 0.2) is 5.82 Å². The minimum Gasteiger partial charge on any atom is -0.456 e. The molecule has 3 heterocycles. The van der Waals surface area contributed by atoms with Crippen LogP contribution < -0.4 is 0 Å². The van der Waals surface area contributed by atoms with Crippen molar-refractivity contribution < 1.29 is 4.42 Å². The monoisotopic (exact) mass is 679 g/mol. The van der Waals surface area contributed by atoms with Gasteiger partial charge < -0.3 is 8.98 Å². The van der Waals surface area contributed by atoms with Crippen molar-refractivity contribution in [1.82, 2.24) is 14.5 Å². The van der Waals surface area contributed by atoms with Crippen LogP contribution in [0.1, 0.15) is 25.0 Å². The number of furan rings is 1. The zero-order valence-electron chi connectivity index (χ0n) is 29.3. The van der Waals surface area contributed by atoms with Crippen molar-refractivity contribution in [3.8, 4) is 50.7 Å². The maximum absolute atomic E-state index is 6.88. The van der Waals surface area contributed by atoms with Crippen molar-refractivity contribution in [1.29, 1.82) is 0 Å². The van der Waals surface area contributed by atoms with Gasteiger partial charge >= 0.3 is 0 Å². The Kier molecular flexibility index (Phi) is 6.27. The molecule has 11 rings (SSSR count). The third kappa shape index (κ3) is 4.30. The maximum atomic E-state index is 6.88. The zero-order valence-corrected chi connectivity index (χ0v) is 29.3. The lowest BCUT2D eigenvalue weighted by molar-refractivity contribution is 0.620. The summed E-state index contributed by atoms with van der Waals surface area (Å²) in [5.74, 6) is 0.704. The Morgan fingerprint density at radius 2 is 1.19 bits per heavy atom. The Balaban J connectivity index is 1.24. The molecular formula is C49H33N3O. The van der Waals surface area contributed by atoms with Crippen molar-refractivity contribution >= 4 is 43.7 Å². The number of fused-ring (bicyclic) bond motifs is 12. The SMILES string of the molecule is CC1(C)c2ccccc2-c2c1c1oc3ccccc3c1c1c3ccccc3n(-c3cccc(-c4cc(-c5ccccc5)nc(-c5ccccc5)n4)c3)c21. The molecule has 0 spiro atoms. The molecule has 10 aromatic rings. The van der Waals surface area contributed by atoms with E-state index >= 15 is 0 Å². The molecule has 0 amide bonds. The van der Waals surface area contributed by atoms with E-state index in [0.717, 1.165) is 55.8 Å². The highest BCUT2D eigenvalue weighted by molar-refractivity contribution is 6.32. The predicted octanol–water partition coefficient (Wildman–Crippen LogP) is 12.8. The van der Waals surface area contributed by atoms with Gasteiger partial charge in [0.1, 0.15) is 11.2 Å². The van der Waals surface area contributed by atoms with Gasteiger partial charge in [-0.3, -0.25) is 0 Å². The van der Waals surface area contributed by atoms with Gasteiger partial charge in [-0.2, -0.15) is 0 Å². The second-order valence-electron chi connectivity index (χ2n) is 14.5. The van der Waals surface area contributed by atoms with Crippen LogP contribution in [0.3, 0.4) is 0 Å². The summed E-state index contributed by atoms with van der Waals surface area (Å²) in [4.78, 5) is 10.2. The molecule has 0 bridgehead atoms. The van der Waals surface area contributed by atoms with E-state index in [0.29, 0.717) is 5.82 Å². The maximum Gasteiger partial charge on any atom is 0.160 e. The Bertz CT molecular complexity index is 3020. The molecule has 3 aromatic heterocycles. The number of hydrogen-bond donors (Lipinski definition) is 0. The van der Waals surface area contributed by atoms with Crippen LogP contribution in [0, 0.1) is 0 Å². The van der Waals surface area contributed by atoms with E-state index in [9.17, 15) is 0 Å². The van der Waals surface area contributed by atoms with Crippen LogP contribution in [0.4, 0.5) is 0 Å². The molecule has 4 nitrogen and oxygen atoms in total. The first-order valence-corrected chi connectivity index (χ1v) is 18.2. The molecule has 0 radical (unpaired) electrons. The minimum atomic E-state index is -0.266. The van der Waals surface area contributed by atoms with E-state index in [1.54, 1.807) is 0 Å². The average molecular weight is 680 g/mol. The van der Waals surface area contributed by atoms with E-state index < -0.39 is 0 Å². The molecule has 0 fully saturated rings. The summed E-state index contributed by atoms with van der Waals surface area (Å²) in [5.41, 5.74) is 15.0. The average Bonchev–Trinajstić information content (AvgIpc) is 3.84. The zero-order chi connectivity index (χ0) is 35.3. The first-order valence-electron chi connectivity index (χ1n) is 18.2. The highest BCUT2D eigenvalue weighted by Crippen LogP contribution is 2.57. The molecule has 4 heteroatoms. The highest BCUT2D eigenvalue weighted by atomic mass is 16.3. The van der Waals surface area contributed by atoms with Gasteiger partial charge in [0.2, 0.25) is 0 Å². The van der Waals surface area contributed by atoms with Gasteiger partial charge in [-0.15, -0.1) is 0 Å². The Morgan fingerprint density at radius 1 is 0.547 bits per heavy atom. The highest BCUT2D eigenvalue weighted by Gasteiger charge is 2.41. The van der Waals surface area contributed by atoms with Crippen molar-refractivity contribution in [2.75, 3.05) is 0 Å². The van der Waals surface area contributed by atoms with E-state index in [1.807, 2.05) is 24.3 Å². The Morgan fingerprint density at radius 3 is 2.00 bits per heavy atom. The lowest BCUT2D eigenvalue weighted by Crippen LogP contribution is -2.15. The van der Waals surface area contributed by atoms with E-state index in [4.69, 9.17) is 14.4 Å². The van der Waals surface area contributed by atoms with Crippen LogP contribution in [0.25, 0.3) is 94.5 Å². The molecule has 0 saturated heterocycles. The Labute approximate surface area is 306 Å². The lowest BCUT2D eigenvalue weighted by atomic mass is 9.81. The number of para-hydroxylation sites is 2. The topological polar surface area (TPSA) is 43.9 Å². The van der Waals surface area contributed by atoms with Crippen LogP contribution in [-0.4, -0.2) is 14.5 Å². The normalized spacial score (nSPS) is 13.2. The molecule has 1 aliphatic carbocycles. The van der Waals surface area contributed by atoms with Crippen LogP contribution in [0.5, 0.6) is 0 Å². The van der Waals surface area contributed by atoms with Crippen LogP contribution in [0.15, 0.2) is 168 Å². The second kappa shape index (κ2) is 11.1. The van der Waals surface area contributed by atoms with Gasteiger partial charge in [-0.1, -0.05) is 147 Å². The second-order valence-corrected chi connectivity index (χ2v) is 14.5.